The van der Waals surface area contributed by atoms with E-state index in [4.69, 9.17) is 0 Å². The topological polar surface area (TPSA) is 6.48 Å². The second kappa shape index (κ2) is 5.27. The van der Waals surface area contributed by atoms with Crippen LogP contribution in [0, 0.1) is 5.41 Å². The number of piperidine rings is 1. The first kappa shape index (κ1) is 15.0. The fraction of sp³-hybridized carbons (Fsp3) is 1.00. The minimum absolute atomic E-state index is 0.341. The molecular weight excluding hydrogens is 208 g/mol. The molecule has 2 heteroatoms. The second-order valence-electron chi connectivity index (χ2n) is 7.86. The highest BCUT2D eigenvalue weighted by atomic mass is 15.2. The van der Waals surface area contributed by atoms with E-state index in [0.717, 1.165) is 6.04 Å². The summed E-state index contributed by atoms with van der Waals surface area (Å²) in [7, 11) is 2.29. The van der Waals surface area contributed by atoms with Crippen molar-refractivity contribution in [2.75, 3.05) is 26.7 Å². The molecule has 1 rings (SSSR count). The lowest BCUT2D eigenvalue weighted by Gasteiger charge is -2.44. The molecule has 17 heavy (non-hydrogen) atoms. The number of hydrogen-bond acceptors (Lipinski definition) is 2. The molecule has 0 radical (unpaired) electrons. The van der Waals surface area contributed by atoms with Crippen LogP contribution >= 0.6 is 0 Å². The van der Waals surface area contributed by atoms with Gasteiger partial charge in [-0.2, -0.15) is 0 Å². The summed E-state index contributed by atoms with van der Waals surface area (Å²) in [6.45, 7) is 17.7. The Balaban J connectivity index is 2.42. The van der Waals surface area contributed by atoms with E-state index < -0.39 is 0 Å². The Hall–Kier alpha value is -0.0800. The van der Waals surface area contributed by atoms with Crippen LogP contribution in [0.15, 0.2) is 0 Å². The Bertz CT molecular complexity index is 226. The molecule has 0 aromatic rings. The van der Waals surface area contributed by atoms with Gasteiger partial charge in [-0.1, -0.05) is 20.8 Å². The molecule has 102 valence electrons. The Morgan fingerprint density at radius 1 is 1.00 bits per heavy atom. The van der Waals surface area contributed by atoms with Crippen molar-refractivity contribution in [3.8, 4) is 0 Å². The minimum atomic E-state index is 0.341. The summed E-state index contributed by atoms with van der Waals surface area (Å²) in [4.78, 5) is 5.19. The lowest BCUT2D eigenvalue weighted by molar-refractivity contribution is 0.0548. The molecule has 0 aromatic carbocycles. The summed E-state index contributed by atoms with van der Waals surface area (Å²) in [6, 6.07) is 0.785. The van der Waals surface area contributed by atoms with E-state index in [2.05, 4.69) is 58.4 Å². The number of hydrogen-bond donors (Lipinski definition) is 0. The van der Waals surface area contributed by atoms with Gasteiger partial charge in [-0.25, -0.2) is 0 Å². The fourth-order valence-corrected chi connectivity index (χ4v) is 2.85. The average molecular weight is 240 g/mol. The monoisotopic (exact) mass is 240 g/mol. The second-order valence-corrected chi connectivity index (χ2v) is 7.86. The normalized spacial score (nSPS) is 21.2. The highest BCUT2D eigenvalue weighted by Gasteiger charge is 2.29. The zero-order valence-corrected chi connectivity index (χ0v) is 13.0. The van der Waals surface area contributed by atoms with E-state index in [1.165, 1.54) is 32.5 Å². The zero-order valence-electron chi connectivity index (χ0n) is 13.0. The predicted octanol–water partition coefficient (Wildman–Crippen LogP) is 3.23. The van der Waals surface area contributed by atoms with E-state index in [1.807, 2.05) is 0 Å². The van der Waals surface area contributed by atoms with Crippen LogP contribution in [0.25, 0.3) is 0 Å². The van der Waals surface area contributed by atoms with Crippen molar-refractivity contribution in [1.29, 1.82) is 0 Å². The van der Waals surface area contributed by atoms with Gasteiger partial charge in [0, 0.05) is 31.2 Å². The molecule has 0 amide bonds. The Morgan fingerprint density at radius 2 is 1.47 bits per heavy atom. The molecule has 0 aromatic heterocycles. The summed E-state index contributed by atoms with van der Waals surface area (Å²) < 4.78 is 0. The third-order valence-corrected chi connectivity index (χ3v) is 3.76. The molecule has 0 aliphatic carbocycles. The summed E-state index contributed by atoms with van der Waals surface area (Å²) in [5, 5.41) is 0. The van der Waals surface area contributed by atoms with Crippen LogP contribution in [0.4, 0.5) is 0 Å². The lowest BCUT2D eigenvalue weighted by Crippen LogP contribution is -2.51. The number of nitrogens with zero attached hydrogens (tertiary/aromatic N) is 2. The van der Waals surface area contributed by atoms with Crippen LogP contribution in [0.3, 0.4) is 0 Å². The highest BCUT2D eigenvalue weighted by molar-refractivity contribution is 4.85. The average Bonchev–Trinajstić information content (AvgIpc) is 2.14. The molecule has 0 spiro atoms. The summed E-state index contributed by atoms with van der Waals surface area (Å²) in [5.74, 6) is 0. The zero-order chi connectivity index (χ0) is 13.3. The Kier molecular flexibility index (Phi) is 4.65. The van der Waals surface area contributed by atoms with Crippen LogP contribution in [0.1, 0.15) is 54.4 Å². The third-order valence-electron chi connectivity index (χ3n) is 3.76. The van der Waals surface area contributed by atoms with Gasteiger partial charge in [-0.15, -0.1) is 0 Å². The highest BCUT2D eigenvalue weighted by Crippen LogP contribution is 2.24. The van der Waals surface area contributed by atoms with Crippen molar-refractivity contribution >= 4 is 0 Å². The fourth-order valence-electron chi connectivity index (χ4n) is 2.85. The Morgan fingerprint density at radius 3 is 1.82 bits per heavy atom. The van der Waals surface area contributed by atoms with Crippen LogP contribution in [-0.4, -0.2) is 48.1 Å². The first-order valence-corrected chi connectivity index (χ1v) is 7.05. The van der Waals surface area contributed by atoms with E-state index >= 15 is 0 Å². The molecule has 0 N–H and O–H groups in total. The number of rotatable bonds is 2. The van der Waals surface area contributed by atoms with Crippen molar-refractivity contribution in [3.63, 3.8) is 0 Å². The van der Waals surface area contributed by atoms with Crippen molar-refractivity contribution in [2.24, 2.45) is 5.41 Å². The van der Waals surface area contributed by atoms with Crippen molar-refractivity contribution < 1.29 is 0 Å². The maximum Gasteiger partial charge on any atom is 0.0125 e. The van der Waals surface area contributed by atoms with Crippen LogP contribution in [0.5, 0.6) is 0 Å². The van der Waals surface area contributed by atoms with Gasteiger partial charge in [0.05, 0.1) is 0 Å². The summed E-state index contributed by atoms with van der Waals surface area (Å²) in [6.07, 6.45) is 2.65. The molecule has 0 unspecified atom stereocenters. The molecule has 2 nitrogen and oxygen atoms in total. The van der Waals surface area contributed by atoms with Crippen LogP contribution < -0.4 is 0 Å². The number of likely N-dealkylation sites (tertiary alicyclic amines) is 1. The molecular formula is C15H32N2. The van der Waals surface area contributed by atoms with Gasteiger partial charge in [0.2, 0.25) is 0 Å². The van der Waals surface area contributed by atoms with Gasteiger partial charge in [0.1, 0.15) is 0 Å². The first-order chi connectivity index (χ1) is 7.59. The van der Waals surface area contributed by atoms with Gasteiger partial charge in [-0.05, 0) is 46.1 Å². The summed E-state index contributed by atoms with van der Waals surface area (Å²) >= 11 is 0. The van der Waals surface area contributed by atoms with Crippen LogP contribution in [0.2, 0.25) is 0 Å². The molecule has 0 saturated carbocycles. The smallest absolute Gasteiger partial charge is 0.0125 e. The third kappa shape index (κ3) is 4.97. The van der Waals surface area contributed by atoms with E-state index in [9.17, 15) is 0 Å². The predicted molar refractivity (Wildman–Crippen MR) is 76.4 cm³/mol. The maximum atomic E-state index is 2.62. The molecule has 1 fully saturated rings. The van der Waals surface area contributed by atoms with Gasteiger partial charge < -0.3 is 4.90 Å². The molecule has 1 aliphatic heterocycles. The first-order valence-electron chi connectivity index (χ1n) is 7.05. The van der Waals surface area contributed by atoms with Gasteiger partial charge in [-0.3, -0.25) is 4.90 Å². The van der Waals surface area contributed by atoms with Crippen molar-refractivity contribution in [1.82, 2.24) is 9.80 Å². The van der Waals surface area contributed by atoms with E-state index in [0.29, 0.717) is 11.0 Å². The van der Waals surface area contributed by atoms with Crippen LogP contribution in [-0.2, 0) is 0 Å². The molecule has 0 bridgehead atoms. The van der Waals surface area contributed by atoms with Crippen molar-refractivity contribution in [2.45, 2.75) is 66.0 Å². The summed E-state index contributed by atoms with van der Waals surface area (Å²) in [5.41, 5.74) is 0.753. The largest absolute Gasteiger partial charge is 0.303 e. The SMILES string of the molecule is CN(CC(C)(C)C)C1CCN(C(C)(C)C)CC1. The molecule has 1 saturated heterocycles. The molecule has 0 atom stereocenters. The Labute approximate surface area is 108 Å². The quantitative estimate of drug-likeness (QED) is 0.731. The van der Waals surface area contributed by atoms with Crippen molar-refractivity contribution in [3.05, 3.63) is 0 Å². The molecule has 1 heterocycles. The van der Waals surface area contributed by atoms with Gasteiger partial charge in [0.25, 0.3) is 0 Å². The maximum absolute atomic E-state index is 2.62. The standard InChI is InChI=1S/C15H32N2/c1-14(2,3)12-16(7)13-8-10-17(11-9-13)15(4,5)6/h13H,8-12H2,1-7H3. The minimum Gasteiger partial charge on any atom is -0.303 e. The lowest BCUT2D eigenvalue weighted by atomic mass is 9.93. The van der Waals surface area contributed by atoms with Gasteiger partial charge in [0.15, 0.2) is 0 Å². The van der Waals surface area contributed by atoms with E-state index in [1.54, 1.807) is 0 Å². The molecule has 1 aliphatic rings. The van der Waals surface area contributed by atoms with Gasteiger partial charge >= 0.3 is 0 Å². The van der Waals surface area contributed by atoms with E-state index in [-0.39, 0.29) is 0 Å².